The van der Waals surface area contributed by atoms with Crippen LogP contribution in [0, 0.1) is 17.2 Å². The summed E-state index contributed by atoms with van der Waals surface area (Å²) in [7, 11) is 0. The van der Waals surface area contributed by atoms with Crippen LogP contribution in [0.25, 0.3) is 0 Å². The van der Waals surface area contributed by atoms with Crippen LogP contribution in [-0.2, 0) is 4.79 Å². The Morgan fingerprint density at radius 3 is 2.26 bits per heavy atom. The standard InChI is InChI=1S/C15H27N3O/c1-13(2)15(3,12-16)17-14(19)11-18-9-7-5-4-6-8-10-18/h13H,4-11H2,1-3H3,(H,17,19)/p+1/t15-/m1/s1. The average Bonchev–Trinajstić information content (AvgIpc) is 2.32. The number of carbonyl (C=O) groups excluding carboxylic acids is 1. The van der Waals surface area contributed by atoms with Crippen molar-refractivity contribution in [3.8, 4) is 6.07 Å². The highest BCUT2D eigenvalue weighted by Crippen LogP contribution is 2.14. The van der Waals surface area contributed by atoms with Crippen LogP contribution >= 0.6 is 0 Å². The smallest absolute Gasteiger partial charge is 0.276 e. The van der Waals surface area contributed by atoms with Crippen molar-refractivity contribution in [1.82, 2.24) is 5.32 Å². The highest BCUT2D eigenvalue weighted by molar-refractivity contribution is 5.78. The lowest BCUT2D eigenvalue weighted by Crippen LogP contribution is -3.13. The number of amides is 1. The summed E-state index contributed by atoms with van der Waals surface area (Å²) in [5.41, 5.74) is -0.751. The molecule has 4 nitrogen and oxygen atoms in total. The number of nitriles is 1. The molecule has 19 heavy (non-hydrogen) atoms. The van der Waals surface area contributed by atoms with Gasteiger partial charge in [-0.2, -0.15) is 5.26 Å². The Morgan fingerprint density at radius 2 is 1.79 bits per heavy atom. The summed E-state index contributed by atoms with van der Waals surface area (Å²) in [5, 5.41) is 12.1. The number of hydrogen-bond donors (Lipinski definition) is 2. The molecule has 2 N–H and O–H groups in total. The quantitative estimate of drug-likeness (QED) is 0.794. The lowest BCUT2D eigenvalue weighted by molar-refractivity contribution is -0.893. The van der Waals surface area contributed by atoms with Crippen LogP contribution in [0.2, 0.25) is 0 Å². The van der Waals surface area contributed by atoms with Crippen molar-refractivity contribution in [1.29, 1.82) is 5.26 Å². The molecule has 1 atom stereocenters. The van der Waals surface area contributed by atoms with Crippen LogP contribution in [0.5, 0.6) is 0 Å². The largest absolute Gasteiger partial charge is 0.333 e. The van der Waals surface area contributed by atoms with Crippen molar-refractivity contribution in [3.63, 3.8) is 0 Å². The maximum Gasteiger partial charge on any atom is 0.276 e. The molecule has 1 rings (SSSR count). The highest BCUT2D eigenvalue weighted by Gasteiger charge is 2.31. The van der Waals surface area contributed by atoms with Gasteiger partial charge < -0.3 is 10.2 Å². The van der Waals surface area contributed by atoms with Gasteiger partial charge >= 0.3 is 0 Å². The van der Waals surface area contributed by atoms with Crippen LogP contribution in [0.3, 0.4) is 0 Å². The van der Waals surface area contributed by atoms with Gasteiger partial charge in [0.2, 0.25) is 0 Å². The van der Waals surface area contributed by atoms with E-state index in [4.69, 9.17) is 0 Å². The topological polar surface area (TPSA) is 57.3 Å². The third-order valence-electron chi connectivity index (χ3n) is 4.26. The van der Waals surface area contributed by atoms with Crippen LogP contribution in [0.15, 0.2) is 0 Å². The van der Waals surface area contributed by atoms with Crippen molar-refractivity contribution in [2.75, 3.05) is 19.6 Å². The summed E-state index contributed by atoms with van der Waals surface area (Å²) in [4.78, 5) is 13.5. The minimum atomic E-state index is -0.751. The first-order valence-electron chi connectivity index (χ1n) is 7.54. The molecule has 1 saturated heterocycles. The van der Waals surface area contributed by atoms with E-state index in [1.807, 2.05) is 13.8 Å². The summed E-state index contributed by atoms with van der Waals surface area (Å²) in [6.45, 7) is 8.40. The molecule has 0 radical (unpaired) electrons. The summed E-state index contributed by atoms with van der Waals surface area (Å²) in [5.74, 6) is 0.122. The average molecular weight is 266 g/mol. The number of rotatable bonds is 4. The van der Waals surface area contributed by atoms with Crippen LogP contribution < -0.4 is 10.2 Å². The van der Waals surface area contributed by atoms with E-state index in [0.29, 0.717) is 6.54 Å². The predicted molar refractivity (Wildman–Crippen MR) is 75.6 cm³/mol. The van der Waals surface area contributed by atoms with Gasteiger partial charge in [0, 0.05) is 0 Å². The molecule has 1 heterocycles. The minimum Gasteiger partial charge on any atom is -0.333 e. The number of carbonyl (C=O) groups is 1. The minimum absolute atomic E-state index is 0.00771. The predicted octanol–water partition coefficient (Wildman–Crippen LogP) is 0.890. The zero-order chi connectivity index (χ0) is 14.3. The highest BCUT2D eigenvalue weighted by atomic mass is 16.2. The van der Waals surface area contributed by atoms with Gasteiger partial charge in [-0.05, 0) is 38.5 Å². The van der Waals surface area contributed by atoms with Crippen molar-refractivity contribution in [2.24, 2.45) is 5.92 Å². The maximum atomic E-state index is 12.1. The normalized spacial score (nSPS) is 21.0. The van der Waals surface area contributed by atoms with Gasteiger partial charge in [-0.15, -0.1) is 0 Å². The van der Waals surface area contributed by atoms with Gasteiger partial charge in [0.05, 0.1) is 19.2 Å². The van der Waals surface area contributed by atoms with E-state index in [1.165, 1.54) is 37.0 Å². The van der Waals surface area contributed by atoms with E-state index < -0.39 is 5.54 Å². The summed E-state index contributed by atoms with van der Waals surface area (Å²) in [6, 6.07) is 2.23. The van der Waals surface area contributed by atoms with Gasteiger partial charge in [-0.1, -0.05) is 20.3 Å². The zero-order valence-corrected chi connectivity index (χ0v) is 12.6. The van der Waals surface area contributed by atoms with Gasteiger partial charge in [-0.25, -0.2) is 0 Å². The number of hydrogen-bond acceptors (Lipinski definition) is 2. The fourth-order valence-corrected chi connectivity index (χ4v) is 2.44. The molecule has 0 spiro atoms. The molecular formula is C15H28N3O+. The summed E-state index contributed by atoms with van der Waals surface area (Å²) >= 11 is 0. The van der Waals surface area contributed by atoms with Crippen molar-refractivity contribution < 1.29 is 9.69 Å². The first kappa shape index (κ1) is 16.0. The second kappa shape index (κ2) is 7.49. The van der Waals surface area contributed by atoms with Crippen molar-refractivity contribution >= 4 is 5.91 Å². The monoisotopic (exact) mass is 266 g/mol. The van der Waals surface area contributed by atoms with Crippen LogP contribution in [-0.4, -0.2) is 31.1 Å². The second-order valence-electron chi connectivity index (χ2n) is 6.21. The molecule has 0 aromatic rings. The third-order valence-corrected chi connectivity index (χ3v) is 4.26. The molecule has 1 fully saturated rings. The molecule has 4 heteroatoms. The Bertz CT molecular complexity index is 327. The molecule has 108 valence electrons. The Morgan fingerprint density at radius 1 is 1.26 bits per heavy atom. The summed E-state index contributed by atoms with van der Waals surface area (Å²) in [6.07, 6.45) is 6.32. The van der Waals surface area contributed by atoms with Crippen LogP contribution in [0.1, 0.15) is 52.9 Å². The SMILES string of the molecule is CC(C)[C@@](C)(C#N)NC(=O)C[NH+]1CCCCCCC1. The molecule has 0 aromatic carbocycles. The lowest BCUT2D eigenvalue weighted by atomic mass is 9.90. The Balaban J connectivity index is 2.47. The van der Waals surface area contributed by atoms with Crippen molar-refractivity contribution in [3.05, 3.63) is 0 Å². The zero-order valence-electron chi connectivity index (χ0n) is 12.6. The number of nitrogens with one attached hydrogen (secondary N) is 2. The van der Waals surface area contributed by atoms with E-state index in [2.05, 4.69) is 11.4 Å². The first-order chi connectivity index (χ1) is 8.98. The molecule has 0 bridgehead atoms. The van der Waals surface area contributed by atoms with Crippen LogP contribution in [0.4, 0.5) is 0 Å². The lowest BCUT2D eigenvalue weighted by Gasteiger charge is -2.28. The third kappa shape index (κ3) is 5.20. The Kier molecular flexibility index (Phi) is 6.30. The maximum absolute atomic E-state index is 12.1. The van der Waals surface area contributed by atoms with Crippen molar-refractivity contribution in [2.45, 2.75) is 58.4 Å². The van der Waals surface area contributed by atoms with Gasteiger partial charge in [-0.3, -0.25) is 4.79 Å². The first-order valence-corrected chi connectivity index (χ1v) is 7.54. The number of nitrogens with zero attached hydrogens (tertiary/aromatic N) is 1. The van der Waals surface area contributed by atoms with E-state index in [9.17, 15) is 10.1 Å². The molecule has 0 aromatic heterocycles. The van der Waals surface area contributed by atoms with Gasteiger partial charge in [0.1, 0.15) is 5.54 Å². The Labute approximate surface area is 117 Å². The van der Waals surface area contributed by atoms with E-state index in [-0.39, 0.29) is 11.8 Å². The molecule has 1 aliphatic rings. The molecule has 0 unspecified atom stereocenters. The fraction of sp³-hybridized carbons (Fsp3) is 0.867. The summed E-state index contributed by atoms with van der Waals surface area (Å²) < 4.78 is 0. The number of likely N-dealkylation sites (tertiary alicyclic amines) is 1. The second-order valence-corrected chi connectivity index (χ2v) is 6.21. The molecular weight excluding hydrogens is 238 g/mol. The van der Waals surface area contributed by atoms with Gasteiger partial charge in [0.25, 0.3) is 5.91 Å². The number of quaternary nitrogens is 1. The molecule has 0 saturated carbocycles. The van der Waals surface area contributed by atoms with E-state index >= 15 is 0 Å². The molecule has 1 aliphatic heterocycles. The molecule has 1 amide bonds. The Hall–Kier alpha value is -1.08. The van der Waals surface area contributed by atoms with E-state index in [1.54, 1.807) is 6.92 Å². The van der Waals surface area contributed by atoms with Gasteiger partial charge in [0.15, 0.2) is 6.54 Å². The fourth-order valence-electron chi connectivity index (χ4n) is 2.44. The van der Waals surface area contributed by atoms with E-state index in [0.717, 1.165) is 13.1 Å². The molecule has 0 aliphatic carbocycles.